The van der Waals surface area contributed by atoms with Crippen molar-refractivity contribution in [3.63, 3.8) is 0 Å². The highest BCUT2D eigenvalue weighted by Crippen LogP contribution is 2.39. The Morgan fingerprint density at radius 3 is 2.96 bits per heavy atom. The third-order valence-electron chi connectivity index (χ3n) is 4.59. The first-order chi connectivity index (χ1) is 11.1. The first kappa shape index (κ1) is 14.8. The molecule has 0 bridgehead atoms. The van der Waals surface area contributed by atoms with Crippen molar-refractivity contribution in [3.05, 3.63) is 50.1 Å². The van der Waals surface area contributed by atoms with Crippen LogP contribution >= 0.6 is 23.1 Å². The van der Waals surface area contributed by atoms with Crippen LogP contribution in [0.1, 0.15) is 28.1 Å². The summed E-state index contributed by atoms with van der Waals surface area (Å²) in [7, 11) is 0. The number of nitrogens with one attached hydrogen (secondary N) is 1. The average Bonchev–Trinajstić information content (AvgIpc) is 3.12. The number of para-hydroxylation sites is 1. The van der Waals surface area contributed by atoms with E-state index in [-0.39, 0.29) is 21.4 Å². The number of aromatic amines is 1. The van der Waals surface area contributed by atoms with Crippen LogP contribution in [0.5, 0.6) is 5.75 Å². The Kier molecular flexibility index (Phi) is 3.46. The zero-order valence-electron chi connectivity index (χ0n) is 12.3. The molecule has 0 radical (unpaired) electrons. The predicted octanol–water partition coefficient (Wildman–Crippen LogP) is 2.70. The molecule has 1 unspecified atom stereocenters. The molecule has 2 aromatic rings. The van der Waals surface area contributed by atoms with Gasteiger partial charge in [0.15, 0.2) is 0 Å². The molecule has 5 nitrogen and oxygen atoms in total. The fourth-order valence-electron chi connectivity index (χ4n) is 3.33. The monoisotopic (exact) mass is 350 g/mol. The summed E-state index contributed by atoms with van der Waals surface area (Å²) in [4.78, 5) is 26.0. The number of hydrogen-bond acceptors (Lipinski definition) is 4. The summed E-state index contributed by atoms with van der Waals surface area (Å²) < 4.78 is 8.74. The Morgan fingerprint density at radius 1 is 1.35 bits per heavy atom. The van der Waals surface area contributed by atoms with Crippen LogP contribution in [0.4, 0.5) is 0 Å². The van der Waals surface area contributed by atoms with E-state index in [2.05, 4.69) is 10.4 Å². The molecule has 1 saturated heterocycles. The molecule has 120 valence electrons. The number of carbonyl (C=O) groups excluding carboxylic acids is 1. The van der Waals surface area contributed by atoms with Crippen LogP contribution in [-0.4, -0.2) is 33.9 Å². The second-order valence-electron chi connectivity index (χ2n) is 6.05. The lowest BCUT2D eigenvalue weighted by Crippen LogP contribution is -2.43. The third kappa shape index (κ3) is 2.46. The van der Waals surface area contributed by atoms with E-state index in [1.165, 1.54) is 5.56 Å². The topological polar surface area (TPSA) is 62.4 Å². The van der Waals surface area contributed by atoms with Crippen LogP contribution in [0, 0.1) is 0 Å². The van der Waals surface area contributed by atoms with Crippen LogP contribution in [-0.2, 0) is 6.42 Å². The highest BCUT2D eigenvalue weighted by Gasteiger charge is 2.44. The van der Waals surface area contributed by atoms with Crippen LogP contribution in [0.2, 0.25) is 5.02 Å². The highest BCUT2D eigenvalue weighted by molar-refractivity contribution is 7.08. The maximum Gasteiger partial charge on any atom is 0.277 e. The van der Waals surface area contributed by atoms with Gasteiger partial charge in [-0.2, -0.15) is 0 Å². The molecule has 0 aliphatic carbocycles. The van der Waals surface area contributed by atoms with Gasteiger partial charge < -0.3 is 9.64 Å². The van der Waals surface area contributed by atoms with Gasteiger partial charge in [-0.15, -0.1) is 0 Å². The quantitative estimate of drug-likeness (QED) is 0.860. The van der Waals surface area contributed by atoms with E-state index in [0.717, 1.165) is 36.5 Å². The van der Waals surface area contributed by atoms with E-state index in [0.29, 0.717) is 13.1 Å². The number of rotatable bonds is 1. The minimum absolute atomic E-state index is 0.0177. The molecule has 1 aromatic heterocycles. The van der Waals surface area contributed by atoms with Gasteiger partial charge in [0.1, 0.15) is 21.3 Å². The minimum atomic E-state index is -0.406. The summed E-state index contributed by atoms with van der Waals surface area (Å²) >= 11 is 6.91. The number of likely N-dealkylation sites (tertiary alicyclic amines) is 1. The molecular weight excluding hydrogens is 336 g/mol. The molecule has 1 atom stereocenters. The molecule has 1 amide bonds. The molecule has 1 N–H and O–H groups in total. The van der Waals surface area contributed by atoms with Crippen LogP contribution in [0.15, 0.2) is 29.1 Å². The molecule has 7 heteroatoms. The van der Waals surface area contributed by atoms with Crippen molar-refractivity contribution in [2.75, 3.05) is 13.1 Å². The van der Waals surface area contributed by atoms with Crippen LogP contribution in [0.25, 0.3) is 0 Å². The fourth-order valence-corrected chi connectivity index (χ4v) is 4.33. The van der Waals surface area contributed by atoms with E-state index in [1.807, 2.05) is 18.2 Å². The summed E-state index contributed by atoms with van der Waals surface area (Å²) in [6, 6.07) is 8.04. The van der Waals surface area contributed by atoms with Crippen LogP contribution < -0.4 is 10.3 Å². The number of carbonyl (C=O) groups is 1. The van der Waals surface area contributed by atoms with Crippen molar-refractivity contribution in [2.24, 2.45) is 0 Å². The zero-order chi connectivity index (χ0) is 16.0. The number of aromatic nitrogens is 1. The summed E-state index contributed by atoms with van der Waals surface area (Å²) in [5.74, 6) is 0.718. The van der Waals surface area contributed by atoms with Gasteiger partial charge in [0.2, 0.25) is 0 Å². The van der Waals surface area contributed by atoms with Gasteiger partial charge in [0, 0.05) is 13.0 Å². The largest absolute Gasteiger partial charge is 0.485 e. The number of nitrogens with zero attached hydrogens (tertiary/aromatic N) is 1. The van der Waals surface area contributed by atoms with E-state index in [1.54, 1.807) is 4.90 Å². The summed E-state index contributed by atoms with van der Waals surface area (Å²) in [6.45, 7) is 1.14. The number of amides is 1. The molecule has 23 heavy (non-hydrogen) atoms. The first-order valence-corrected chi connectivity index (χ1v) is 8.71. The van der Waals surface area contributed by atoms with Crippen molar-refractivity contribution in [1.82, 2.24) is 9.27 Å². The SMILES string of the molecule is O=C(c1s[nH]c(=O)c1Cl)N1CCC2(CCc3ccccc3O2)C1. The number of ether oxygens (including phenoxy) is 1. The molecule has 1 spiro atoms. The third-order valence-corrected chi connectivity index (χ3v) is 5.93. The van der Waals surface area contributed by atoms with Gasteiger partial charge in [-0.1, -0.05) is 41.3 Å². The molecule has 1 fully saturated rings. The van der Waals surface area contributed by atoms with Gasteiger partial charge in [0.25, 0.3) is 11.5 Å². The zero-order valence-corrected chi connectivity index (χ0v) is 13.9. The van der Waals surface area contributed by atoms with Gasteiger partial charge in [-0.3, -0.25) is 14.0 Å². The van der Waals surface area contributed by atoms with E-state index >= 15 is 0 Å². The number of fused-ring (bicyclic) bond motifs is 1. The molecule has 1 aromatic carbocycles. The summed E-state index contributed by atoms with van der Waals surface area (Å²) in [5, 5.41) is -0.0177. The summed E-state index contributed by atoms with van der Waals surface area (Å²) in [5.41, 5.74) is 0.490. The standard InChI is InChI=1S/C16H15ClN2O3S/c17-12-13(23-18-14(12)20)15(21)19-8-7-16(9-19)6-5-10-3-1-2-4-11(10)22-16/h1-4H,5-9H2,(H,18,20). The maximum absolute atomic E-state index is 12.6. The maximum atomic E-state index is 12.6. The Morgan fingerprint density at radius 2 is 2.17 bits per heavy atom. The number of hydrogen-bond donors (Lipinski definition) is 1. The van der Waals surface area contributed by atoms with E-state index in [9.17, 15) is 9.59 Å². The van der Waals surface area contributed by atoms with Crippen LogP contribution in [0.3, 0.4) is 0 Å². The molecule has 2 aliphatic heterocycles. The van der Waals surface area contributed by atoms with Crippen molar-refractivity contribution in [1.29, 1.82) is 0 Å². The second kappa shape index (κ2) is 5.39. The lowest BCUT2D eigenvalue weighted by molar-refractivity contribution is 0.0486. The normalized spacial score (nSPS) is 22.9. The van der Waals surface area contributed by atoms with Crippen molar-refractivity contribution < 1.29 is 9.53 Å². The van der Waals surface area contributed by atoms with Gasteiger partial charge in [0.05, 0.1) is 6.54 Å². The Hall–Kier alpha value is -1.79. The Balaban J connectivity index is 1.55. The fraction of sp³-hybridized carbons (Fsp3) is 0.375. The van der Waals surface area contributed by atoms with Gasteiger partial charge in [-0.05, 0) is 24.5 Å². The minimum Gasteiger partial charge on any atom is -0.485 e. The average molecular weight is 351 g/mol. The molecule has 4 rings (SSSR count). The lowest BCUT2D eigenvalue weighted by Gasteiger charge is -2.35. The van der Waals surface area contributed by atoms with Crippen molar-refractivity contribution in [3.8, 4) is 5.75 Å². The molecular formula is C16H15ClN2O3S. The van der Waals surface area contributed by atoms with E-state index in [4.69, 9.17) is 16.3 Å². The molecule has 0 saturated carbocycles. The number of H-pyrrole nitrogens is 1. The second-order valence-corrected chi connectivity index (χ2v) is 7.24. The van der Waals surface area contributed by atoms with Gasteiger partial charge in [-0.25, -0.2) is 0 Å². The number of halogens is 1. The Bertz CT molecular complexity index is 831. The van der Waals surface area contributed by atoms with Crippen molar-refractivity contribution >= 4 is 29.0 Å². The molecule has 2 aliphatic rings. The van der Waals surface area contributed by atoms with Gasteiger partial charge >= 0.3 is 0 Å². The number of benzene rings is 1. The molecule has 3 heterocycles. The van der Waals surface area contributed by atoms with E-state index < -0.39 is 5.56 Å². The lowest BCUT2D eigenvalue weighted by atomic mass is 9.90. The van der Waals surface area contributed by atoms with Crippen molar-refractivity contribution in [2.45, 2.75) is 24.9 Å². The Labute approximate surface area is 142 Å². The highest BCUT2D eigenvalue weighted by atomic mass is 35.5. The smallest absolute Gasteiger partial charge is 0.277 e. The summed E-state index contributed by atoms with van der Waals surface area (Å²) in [6.07, 6.45) is 2.64. The first-order valence-electron chi connectivity index (χ1n) is 7.51. The predicted molar refractivity (Wildman–Crippen MR) is 88.6 cm³/mol. The number of aryl methyl sites for hydroxylation is 1.